The van der Waals surface area contributed by atoms with Gasteiger partial charge in [-0.1, -0.05) is 55.5 Å². The minimum atomic E-state index is -0.606. The van der Waals surface area contributed by atoms with Gasteiger partial charge in [0, 0.05) is 0 Å². The molecule has 1 amide bonds. The van der Waals surface area contributed by atoms with E-state index in [-0.39, 0.29) is 25.6 Å². The summed E-state index contributed by atoms with van der Waals surface area (Å²) in [6.45, 7) is 7.85. The quantitative estimate of drug-likeness (QED) is 0.623. The second-order valence-corrected chi connectivity index (χ2v) is 7.38. The third-order valence-corrected chi connectivity index (χ3v) is 3.55. The monoisotopic (exact) mass is 421 g/mol. The van der Waals surface area contributed by atoms with E-state index in [4.69, 9.17) is 21.1 Å². The maximum Gasteiger partial charge on any atom is 0.408 e. The Labute approximate surface area is 179 Å². The highest BCUT2D eigenvalue weighted by molar-refractivity contribution is 6.28. The second kappa shape index (κ2) is 13.6. The van der Waals surface area contributed by atoms with Gasteiger partial charge < -0.3 is 14.8 Å². The standard InChI is InChI=1S/C14H14O.C8H14ClNO3.CH4/c1-12-7-9-14(10-8-12)15-11-13-5-3-2-4-6-13;1-8(2,3)13-7(12)10-5-6(11)4-9;/h2-10H,11H2,1H3;4-5H2,1-3H3,(H,10,12);1H4. The molecule has 0 heterocycles. The third kappa shape index (κ3) is 13.3. The van der Waals surface area contributed by atoms with Gasteiger partial charge in [-0.3, -0.25) is 4.79 Å². The van der Waals surface area contributed by atoms with E-state index >= 15 is 0 Å². The zero-order chi connectivity index (χ0) is 21.0. The summed E-state index contributed by atoms with van der Waals surface area (Å²) < 4.78 is 10.5. The fraction of sp³-hybridized carbons (Fsp3) is 0.391. The number of rotatable bonds is 6. The summed E-state index contributed by atoms with van der Waals surface area (Å²) in [7, 11) is 0. The van der Waals surface area contributed by atoms with Crippen molar-refractivity contribution in [2.75, 3.05) is 12.4 Å². The molecule has 0 spiro atoms. The van der Waals surface area contributed by atoms with Gasteiger partial charge in [0.25, 0.3) is 0 Å². The largest absolute Gasteiger partial charge is 0.489 e. The Hall–Kier alpha value is -2.53. The Morgan fingerprint density at radius 3 is 2.10 bits per heavy atom. The van der Waals surface area contributed by atoms with E-state index in [2.05, 4.69) is 36.5 Å². The number of halogens is 1. The number of hydrogen-bond donors (Lipinski definition) is 1. The first-order valence-electron chi connectivity index (χ1n) is 8.97. The molecule has 0 fully saturated rings. The smallest absolute Gasteiger partial charge is 0.408 e. The number of ether oxygens (including phenoxy) is 2. The minimum Gasteiger partial charge on any atom is -0.489 e. The number of aryl methyl sites for hydroxylation is 1. The molecular formula is C23H32ClNO4. The Bertz CT molecular complexity index is 725. The van der Waals surface area contributed by atoms with Crippen molar-refractivity contribution in [3.63, 3.8) is 0 Å². The van der Waals surface area contributed by atoms with E-state index in [1.165, 1.54) is 11.1 Å². The molecule has 0 atom stereocenters. The summed E-state index contributed by atoms with van der Waals surface area (Å²) in [6.07, 6.45) is -0.606. The molecule has 5 nitrogen and oxygen atoms in total. The van der Waals surface area contributed by atoms with Gasteiger partial charge in [0.05, 0.1) is 12.4 Å². The first kappa shape index (κ1) is 26.5. The topological polar surface area (TPSA) is 64.6 Å². The Morgan fingerprint density at radius 1 is 1.00 bits per heavy atom. The molecule has 0 bridgehead atoms. The highest BCUT2D eigenvalue weighted by atomic mass is 35.5. The van der Waals surface area contributed by atoms with Crippen LogP contribution in [-0.4, -0.2) is 29.9 Å². The molecule has 0 aliphatic rings. The molecule has 2 rings (SSSR count). The van der Waals surface area contributed by atoms with Crippen molar-refractivity contribution in [1.82, 2.24) is 5.32 Å². The number of carbonyl (C=O) groups excluding carboxylic acids is 2. The fourth-order valence-electron chi connectivity index (χ4n) is 1.91. The summed E-state index contributed by atoms with van der Waals surface area (Å²) in [5.74, 6) is 0.576. The van der Waals surface area contributed by atoms with E-state index in [0.717, 1.165) is 5.75 Å². The van der Waals surface area contributed by atoms with Crippen LogP contribution in [0.1, 0.15) is 39.3 Å². The maximum absolute atomic E-state index is 11.0. The normalized spacial score (nSPS) is 9.97. The number of amides is 1. The van der Waals surface area contributed by atoms with Gasteiger partial charge in [-0.25, -0.2) is 4.79 Å². The van der Waals surface area contributed by atoms with Crippen molar-refractivity contribution >= 4 is 23.5 Å². The molecule has 1 N–H and O–H groups in total. The van der Waals surface area contributed by atoms with Crippen LogP contribution < -0.4 is 10.1 Å². The van der Waals surface area contributed by atoms with Crippen LogP contribution in [0.3, 0.4) is 0 Å². The molecule has 160 valence electrons. The number of alkyl halides is 1. The fourth-order valence-corrected chi connectivity index (χ4v) is 2.00. The Kier molecular flexibility index (Phi) is 12.4. The van der Waals surface area contributed by atoms with E-state index in [1.807, 2.05) is 30.3 Å². The number of benzene rings is 2. The van der Waals surface area contributed by atoms with Crippen LogP contribution in [0.4, 0.5) is 4.79 Å². The first-order valence-corrected chi connectivity index (χ1v) is 9.51. The highest BCUT2D eigenvalue weighted by Crippen LogP contribution is 2.13. The van der Waals surface area contributed by atoms with Crippen LogP contribution in [0, 0.1) is 6.92 Å². The number of nitrogens with one attached hydrogen (secondary N) is 1. The van der Waals surface area contributed by atoms with Crippen molar-refractivity contribution in [3.8, 4) is 5.75 Å². The third-order valence-electron chi connectivity index (χ3n) is 3.25. The summed E-state index contributed by atoms with van der Waals surface area (Å²) >= 11 is 5.23. The van der Waals surface area contributed by atoms with Crippen LogP contribution in [0.15, 0.2) is 54.6 Å². The van der Waals surface area contributed by atoms with Crippen LogP contribution in [0.5, 0.6) is 5.75 Å². The molecule has 0 saturated carbocycles. The van der Waals surface area contributed by atoms with Crippen LogP contribution in [0.2, 0.25) is 0 Å². The Morgan fingerprint density at radius 2 is 1.59 bits per heavy atom. The van der Waals surface area contributed by atoms with Gasteiger partial charge in [-0.05, 0) is 45.4 Å². The van der Waals surface area contributed by atoms with Crippen LogP contribution in [0.25, 0.3) is 0 Å². The minimum absolute atomic E-state index is 0. The highest BCUT2D eigenvalue weighted by Gasteiger charge is 2.16. The summed E-state index contributed by atoms with van der Waals surface area (Å²) in [5.41, 5.74) is 1.90. The molecule has 0 aliphatic carbocycles. The van der Waals surface area contributed by atoms with Crippen LogP contribution >= 0.6 is 11.6 Å². The lowest BCUT2D eigenvalue weighted by Crippen LogP contribution is -2.35. The summed E-state index contributed by atoms with van der Waals surface area (Å²) in [5, 5.41) is 2.29. The molecule has 0 aromatic heterocycles. The number of alkyl carbamates (subject to hydrolysis) is 1. The molecular weight excluding hydrogens is 390 g/mol. The molecule has 29 heavy (non-hydrogen) atoms. The van der Waals surface area contributed by atoms with Gasteiger partial charge in [-0.2, -0.15) is 0 Å². The summed E-state index contributed by atoms with van der Waals surface area (Å²) in [4.78, 5) is 21.6. The maximum atomic E-state index is 11.0. The number of hydrogen-bond acceptors (Lipinski definition) is 4. The number of ketones is 1. The van der Waals surface area contributed by atoms with Gasteiger partial charge in [0.15, 0.2) is 5.78 Å². The van der Waals surface area contributed by atoms with E-state index in [0.29, 0.717) is 6.61 Å². The number of carbonyl (C=O) groups is 2. The van der Waals surface area contributed by atoms with Crippen molar-refractivity contribution in [1.29, 1.82) is 0 Å². The molecule has 0 unspecified atom stereocenters. The average Bonchev–Trinajstić information content (AvgIpc) is 2.65. The van der Waals surface area contributed by atoms with Crippen molar-refractivity contribution in [2.45, 2.75) is 47.3 Å². The van der Waals surface area contributed by atoms with E-state index < -0.39 is 11.7 Å². The van der Waals surface area contributed by atoms with Gasteiger partial charge in [0.1, 0.15) is 18.0 Å². The summed E-state index contributed by atoms with van der Waals surface area (Å²) in [6, 6.07) is 18.3. The van der Waals surface area contributed by atoms with Crippen LogP contribution in [-0.2, 0) is 16.1 Å². The van der Waals surface area contributed by atoms with Gasteiger partial charge in [0.2, 0.25) is 0 Å². The Balaban J connectivity index is 0.000000530. The molecule has 6 heteroatoms. The molecule has 0 radical (unpaired) electrons. The molecule has 0 saturated heterocycles. The SMILES string of the molecule is C.CC(C)(C)OC(=O)NCC(=O)CCl.Cc1ccc(OCc2ccccc2)cc1. The second-order valence-electron chi connectivity index (χ2n) is 7.12. The van der Waals surface area contributed by atoms with E-state index in [1.54, 1.807) is 20.8 Å². The van der Waals surface area contributed by atoms with E-state index in [9.17, 15) is 9.59 Å². The lowest BCUT2D eigenvalue weighted by molar-refractivity contribution is -0.115. The zero-order valence-corrected chi connectivity index (χ0v) is 17.6. The lowest BCUT2D eigenvalue weighted by Gasteiger charge is -2.19. The van der Waals surface area contributed by atoms with Crippen molar-refractivity contribution in [3.05, 3.63) is 65.7 Å². The first-order chi connectivity index (χ1) is 13.2. The van der Waals surface area contributed by atoms with Gasteiger partial charge >= 0.3 is 6.09 Å². The van der Waals surface area contributed by atoms with Crippen molar-refractivity contribution in [2.24, 2.45) is 0 Å². The average molecular weight is 422 g/mol. The number of Topliss-reactive ketones (excluding diaryl/α,β-unsaturated/α-hetero) is 1. The zero-order valence-electron chi connectivity index (χ0n) is 16.8. The predicted octanol–water partition coefficient (Wildman–Crippen LogP) is 5.53. The molecule has 2 aromatic carbocycles. The molecule has 0 aliphatic heterocycles. The lowest BCUT2D eigenvalue weighted by atomic mass is 10.2. The predicted molar refractivity (Wildman–Crippen MR) is 119 cm³/mol. The molecule has 2 aromatic rings. The van der Waals surface area contributed by atoms with Gasteiger partial charge in [-0.15, -0.1) is 11.6 Å². The van der Waals surface area contributed by atoms with Crippen molar-refractivity contribution < 1.29 is 19.1 Å².